The number of benzene rings is 3. The zero-order valence-corrected chi connectivity index (χ0v) is 17.0. The molecule has 2 heterocycles. The van der Waals surface area contributed by atoms with Crippen LogP contribution in [0.2, 0.25) is 0 Å². The Morgan fingerprint density at radius 2 is 1.22 bits per heavy atom. The molecule has 0 atom stereocenters. The number of aromatic amines is 1. The number of anilines is 5. The first-order valence-electron chi connectivity index (χ1n) is 10.1. The average molecular weight is 420 g/mol. The molecule has 0 spiro atoms. The summed E-state index contributed by atoms with van der Waals surface area (Å²) in [4.78, 5) is 16.6. The second-order valence-electron chi connectivity index (χ2n) is 6.95. The van der Waals surface area contributed by atoms with Crippen molar-refractivity contribution < 1.29 is 0 Å². The Bertz CT molecular complexity index is 1290. The fraction of sp³-hybridized carbons (Fsp3) is 0. The quantitative estimate of drug-likeness (QED) is 0.211. The summed E-state index contributed by atoms with van der Waals surface area (Å²) < 4.78 is 0. The van der Waals surface area contributed by atoms with Gasteiger partial charge in [-0.05, 0) is 30.3 Å². The fourth-order valence-electron chi connectivity index (χ4n) is 3.20. The first kappa shape index (κ1) is 19.3. The molecule has 0 amide bonds. The van der Waals surface area contributed by atoms with Gasteiger partial charge in [0.2, 0.25) is 17.8 Å². The van der Waals surface area contributed by atoms with Gasteiger partial charge < -0.3 is 15.6 Å². The van der Waals surface area contributed by atoms with Crippen molar-refractivity contribution in [2.24, 2.45) is 5.10 Å². The van der Waals surface area contributed by atoms with Crippen molar-refractivity contribution in [3.63, 3.8) is 0 Å². The maximum absolute atomic E-state index is 4.48. The van der Waals surface area contributed by atoms with E-state index in [1.54, 1.807) is 6.21 Å². The predicted molar refractivity (Wildman–Crippen MR) is 129 cm³/mol. The second kappa shape index (κ2) is 8.97. The average Bonchev–Trinajstić information content (AvgIpc) is 3.23. The summed E-state index contributed by atoms with van der Waals surface area (Å²) in [6.07, 6.45) is 3.64. The Morgan fingerprint density at radius 1 is 0.656 bits per heavy atom. The molecule has 4 N–H and O–H groups in total. The molecule has 0 aliphatic rings. The lowest BCUT2D eigenvalue weighted by atomic mass is 10.2. The lowest BCUT2D eigenvalue weighted by molar-refractivity contribution is 1.04. The van der Waals surface area contributed by atoms with Gasteiger partial charge in [-0.2, -0.15) is 20.1 Å². The van der Waals surface area contributed by atoms with Crippen LogP contribution in [0.15, 0.2) is 96.2 Å². The topological polar surface area (TPSA) is 103 Å². The molecule has 0 saturated heterocycles. The molecular formula is C24H20N8. The Balaban J connectivity index is 1.40. The van der Waals surface area contributed by atoms with E-state index in [-0.39, 0.29) is 0 Å². The number of hydrogen-bond acceptors (Lipinski definition) is 7. The lowest BCUT2D eigenvalue weighted by Crippen LogP contribution is -2.07. The minimum Gasteiger partial charge on any atom is -0.361 e. The maximum atomic E-state index is 4.48. The molecule has 0 saturated carbocycles. The lowest BCUT2D eigenvalue weighted by Gasteiger charge is -2.10. The van der Waals surface area contributed by atoms with Gasteiger partial charge >= 0.3 is 0 Å². The highest BCUT2D eigenvalue weighted by Crippen LogP contribution is 2.19. The van der Waals surface area contributed by atoms with Crippen LogP contribution in [-0.2, 0) is 0 Å². The third-order valence-electron chi connectivity index (χ3n) is 4.68. The third-order valence-corrected chi connectivity index (χ3v) is 4.68. The van der Waals surface area contributed by atoms with Crippen LogP contribution in [-0.4, -0.2) is 26.2 Å². The Kier molecular flexibility index (Phi) is 5.40. The molecule has 156 valence electrons. The van der Waals surface area contributed by atoms with Crippen LogP contribution in [0.4, 0.5) is 29.2 Å². The van der Waals surface area contributed by atoms with Gasteiger partial charge in [0.1, 0.15) is 0 Å². The van der Waals surface area contributed by atoms with E-state index in [9.17, 15) is 0 Å². The van der Waals surface area contributed by atoms with Crippen LogP contribution in [0.5, 0.6) is 0 Å². The van der Waals surface area contributed by atoms with Crippen LogP contribution in [0.25, 0.3) is 10.9 Å². The van der Waals surface area contributed by atoms with E-state index in [1.807, 2.05) is 91.1 Å². The SMILES string of the molecule is C(=NNc1nc(Nc2ccccc2)nc(Nc2ccccc2)n1)c1c[nH]c2ccccc12. The fourth-order valence-corrected chi connectivity index (χ4v) is 3.20. The number of nitrogens with one attached hydrogen (secondary N) is 4. The molecule has 8 nitrogen and oxygen atoms in total. The summed E-state index contributed by atoms with van der Waals surface area (Å²) in [5.74, 6) is 1.11. The summed E-state index contributed by atoms with van der Waals surface area (Å²) in [6.45, 7) is 0. The van der Waals surface area contributed by atoms with Gasteiger partial charge in [0.05, 0.1) is 6.21 Å². The molecule has 32 heavy (non-hydrogen) atoms. The van der Waals surface area contributed by atoms with Gasteiger partial charge in [-0.3, -0.25) is 0 Å². The predicted octanol–water partition coefficient (Wildman–Crippen LogP) is 5.29. The van der Waals surface area contributed by atoms with Gasteiger partial charge in [-0.15, -0.1) is 0 Å². The first-order valence-corrected chi connectivity index (χ1v) is 10.1. The molecule has 5 rings (SSSR count). The van der Waals surface area contributed by atoms with Crippen LogP contribution >= 0.6 is 0 Å². The molecule has 0 radical (unpaired) electrons. The number of hydrogen-bond donors (Lipinski definition) is 4. The minimum atomic E-state index is 0.313. The Hall–Kier alpha value is -4.72. The van der Waals surface area contributed by atoms with Crippen molar-refractivity contribution in [3.8, 4) is 0 Å². The van der Waals surface area contributed by atoms with Gasteiger partial charge in [0.15, 0.2) is 0 Å². The number of hydrazone groups is 1. The summed E-state index contributed by atoms with van der Waals surface area (Å²) >= 11 is 0. The van der Waals surface area contributed by atoms with Crippen molar-refractivity contribution in [2.75, 3.05) is 16.1 Å². The van der Waals surface area contributed by atoms with Crippen LogP contribution in [0.3, 0.4) is 0 Å². The third kappa shape index (κ3) is 4.54. The molecule has 3 aromatic carbocycles. The molecule has 0 fully saturated rings. The van der Waals surface area contributed by atoms with Gasteiger partial charge in [0, 0.05) is 34.0 Å². The van der Waals surface area contributed by atoms with Crippen LogP contribution in [0, 0.1) is 0 Å². The maximum Gasteiger partial charge on any atom is 0.250 e. The Labute approximate surface area is 184 Å². The summed E-state index contributed by atoms with van der Waals surface area (Å²) in [5.41, 5.74) is 6.68. The summed E-state index contributed by atoms with van der Waals surface area (Å²) in [6, 6.07) is 27.5. The molecule has 0 unspecified atom stereocenters. The highest BCUT2D eigenvalue weighted by atomic mass is 15.4. The van der Waals surface area contributed by atoms with Crippen molar-refractivity contribution >= 4 is 46.3 Å². The van der Waals surface area contributed by atoms with E-state index >= 15 is 0 Å². The zero-order chi connectivity index (χ0) is 21.6. The number of rotatable bonds is 7. The molecule has 0 aliphatic heterocycles. The standard InChI is InChI=1S/C24H20N8/c1-3-9-18(10-4-1)27-22-29-23(28-19-11-5-2-6-12-19)31-24(30-22)32-26-16-17-15-25-21-14-8-7-13-20(17)21/h1-16,25H,(H3,27,28,29,30,31,32). The van der Waals surface area contributed by atoms with Gasteiger partial charge in [0.25, 0.3) is 0 Å². The van der Waals surface area contributed by atoms with Crippen molar-refractivity contribution in [1.29, 1.82) is 0 Å². The number of para-hydroxylation sites is 3. The van der Waals surface area contributed by atoms with Crippen molar-refractivity contribution in [3.05, 3.63) is 96.7 Å². The molecule has 0 aliphatic carbocycles. The van der Waals surface area contributed by atoms with Gasteiger partial charge in [-0.25, -0.2) is 5.43 Å². The normalized spacial score (nSPS) is 11.0. The Morgan fingerprint density at radius 3 is 1.88 bits per heavy atom. The van der Waals surface area contributed by atoms with Crippen LogP contribution in [0.1, 0.15) is 5.56 Å². The zero-order valence-electron chi connectivity index (χ0n) is 17.0. The molecule has 0 bridgehead atoms. The summed E-state index contributed by atoms with van der Waals surface area (Å²) in [5, 5.41) is 11.8. The largest absolute Gasteiger partial charge is 0.361 e. The number of fused-ring (bicyclic) bond motifs is 1. The van der Waals surface area contributed by atoms with E-state index in [0.717, 1.165) is 27.8 Å². The monoisotopic (exact) mass is 420 g/mol. The van der Waals surface area contributed by atoms with E-state index in [2.05, 4.69) is 41.1 Å². The van der Waals surface area contributed by atoms with E-state index in [4.69, 9.17) is 0 Å². The van der Waals surface area contributed by atoms with Gasteiger partial charge in [-0.1, -0.05) is 54.6 Å². The highest BCUT2D eigenvalue weighted by molar-refractivity contribution is 5.99. The smallest absolute Gasteiger partial charge is 0.250 e. The summed E-state index contributed by atoms with van der Waals surface area (Å²) in [7, 11) is 0. The second-order valence-corrected chi connectivity index (χ2v) is 6.95. The van der Waals surface area contributed by atoms with Crippen LogP contribution < -0.4 is 16.1 Å². The molecule has 2 aromatic heterocycles. The molecule has 8 heteroatoms. The first-order chi connectivity index (χ1) is 15.8. The minimum absolute atomic E-state index is 0.313. The van der Waals surface area contributed by atoms with Crippen molar-refractivity contribution in [2.45, 2.75) is 0 Å². The van der Waals surface area contributed by atoms with Crippen molar-refractivity contribution in [1.82, 2.24) is 19.9 Å². The number of nitrogens with zero attached hydrogens (tertiary/aromatic N) is 4. The van der Waals surface area contributed by atoms with E-state index in [1.165, 1.54) is 0 Å². The molecular weight excluding hydrogens is 400 g/mol. The van der Waals surface area contributed by atoms with E-state index < -0.39 is 0 Å². The number of H-pyrrole nitrogens is 1. The molecule has 5 aromatic rings. The van der Waals surface area contributed by atoms with E-state index in [0.29, 0.717) is 17.8 Å². The highest BCUT2D eigenvalue weighted by Gasteiger charge is 2.08. The number of aromatic nitrogens is 4.